The number of carbonyl (C=O) groups excluding carboxylic acids is 1. The lowest BCUT2D eigenvalue weighted by molar-refractivity contribution is -0.134. The van der Waals surface area contributed by atoms with Gasteiger partial charge in [0.2, 0.25) is 5.91 Å². The molecular formula is C17H22N4O3. The molecule has 1 unspecified atom stereocenters. The number of rotatable bonds is 3. The van der Waals surface area contributed by atoms with E-state index in [1.165, 1.54) is 16.8 Å². The summed E-state index contributed by atoms with van der Waals surface area (Å²) in [6.07, 6.45) is 7.42. The van der Waals surface area contributed by atoms with Crippen molar-refractivity contribution < 1.29 is 4.79 Å². The minimum absolute atomic E-state index is 0.0264. The SMILES string of the molecule is Cn1cccc1C1CCCCCN1C(=O)Cn1ccc(=O)[nH]c1=O. The number of nitrogens with zero attached hydrogens (tertiary/aromatic N) is 3. The molecule has 0 saturated carbocycles. The molecule has 128 valence electrons. The van der Waals surface area contributed by atoms with Crippen LogP contribution < -0.4 is 11.2 Å². The van der Waals surface area contributed by atoms with E-state index < -0.39 is 11.2 Å². The zero-order valence-corrected chi connectivity index (χ0v) is 13.8. The maximum absolute atomic E-state index is 12.8. The molecule has 1 N–H and O–H groups in total. The van der Waals surface area contributed by atoms with Crippen LogP contribution in [0.25, 0.3) is 0 Å². The van der Waals surface area contributed by atoms with E-state index >= 15 is 0 Å². The van der Waals surface area contributed by atoms with Gasteiger partial charge in [-0.3, -0.25) is 19.1 Å². The van der Waals surface area contributed by atoms with E-state index in [9.17, 15) is 14.4 Å². The molecule has 3 rings (SSSR count). The lowest BCUT2D eigenvalue weighted by Crippen LogP contribution is -2.40. The van der Waals surface area contributed by atoms with E-state index in [1.54, 1.807) is 0 Å². The molecule has 0 aliphatic carbocycles. The van der Waals surface area contributed by atoms with Gasteiger partial charge in [0.25, 0.3) is 5.56 Å². The van der Waals surface area contributed by atoms with Crippen LogP contribution in [0.1, 0.15) is 37.4 Å². The second kappa shape index (κ2) is 6.90. The number of hydrogen-bond donors (Lipinski definition) is 1. The van der Waals surface area contributed by atoms with Gasteiger partial charge < -0.3 is 9.47 Å². The van der Waals surface area contributed by atoms with Gasteiger partial charge in [-0.2, -0.15) is 0 Å². The number of likely N-dealkylation sites (tertiary alicyclic amines) is 1. The standard InChI is InChI=1S/C17H22N4O3/c1-19-9-5-7-13(19)14-6-3-2-4-10-21(14)16(23)12-20-11-8-15(22)18-17(20)24/h5,7-9,11,14H,2-4,6,10,12H2,1H3,(H,18,22,24). The third-order valence-corrected chi connectivity index (χ3v) is 4.60. The Morgan fingerprint density at radius 2 is 2.04 bits per heavy atom. The second-order valence-electron chi connectivity index (χ2n) is 6.23. The highest BCUT2D eigenvalue weighted by atomic mass is 16.2. The van der Waals surface area contributed by atoms with Crippen molar-refractivity contribution in [2.45, 2.75) is 38.3 Å². The molecule has 7 nitrogen and oxygen atoms in total. The molecule has 1 saturated heterocycles. The average molecular weight is 330 g/mol. The summed E-state index contributed by atoms with van der Waals surface area (Å²) < 4.78 is 3.29. The van der Waals surface area contributed by atoms with Crippen LogP contribution >= 0.6 is 0 Å². The van der Waals surface area contributed by atoms with Gasteiger partial charge in [-0.05, 0) is 25.0 Å². The van der Waals surface area contributed by atoms with Crippen molar-refractivity contribution in [1.82, 2.24) is 19.0 Å². The highest BCUT2D eigenvalue weighted by Crippen LogP contribution is 2.30. The van der Waals surface area contributed by atoms with Crippen LogP contribution in [0.2, 0.25) is 0 Å². The van der Waals surface area contributed by atoms with Crippen molar-refractivity contribution in [3.8, 4) is 0 Å². The Kier molecular flexibility index (Phi) is 4.69. The van der Waals surface area contributed by atoms with E-state index in [4.69, 9.17) is 0 Å². The van der Waals surface area contributed by atoms with E-state index in [1.807, 2.05) is 34.8 Å². The summed E-state index contributed by atoms with van der Waals surface area (Å²) in [5, 5.41) is 0. The molecule has 1 aliphatic heterocycles. The van der Waals surface area contributed by atoms with E-state index in [0.717, 1.165) is 31.4 Å². The maximum Gasteiger partial charge on any atom is 0.328 e. The van der Waals surface area contributed by atoms with E-state index in [2.05, 4.69) is 4.98 Å². The third kappa shape index (κ3) is 3.34. The van der Waals surface area contributed by atoms with Crippen LogP contribution in [0.4, 0.5) is 0 Å². The predicted molar refractivity (Wildman–Crippen MR) is 89.7 cm³/mol. The van der Waals surface area contributed by atoms with Gasteiger partial charge in [0.1, 0.15) is 6.54 Å². The number of amides is 1. The molecule has 0 spiro atoms. The number of aryl methyl sites for hydroxylation is 1. The van der Waals surface area contributed by atoms with Gasteiger partial charge >= 0.3 is 5.69 Å². The largest absolute Gasteiger partial charge is 0.353 e. The lowest BCUT2D eigenvalue weighted by atomic mass is 10.1. The molecule has 0 aromatic carbocycles. The van der Waals surface area contributed by atoms with Gasteiger partial charge in [0.15, 0.2) is 0 Å². The summed E-state index contributed by atoms with van der Waals surface area (Å²) in [5.41, 5.74) is 0.0975. The van der Waals surface area contributed by atoms with Crippen molar-refractivity contribution in [1.29, 1.82) is 0 Å². The first kappa shape index (κ1) is 16.3. The number of aromatic amines is 1. The summed E-state index contributed by atoms with van der Waals surface area (Å²) in [4.78, 5) is 39.9. The number of aromatic nitrogens is 3. The van der Waals surface area contributed by atoms with Gasteiger partial charge in [0.05, 0.1) is 6.04 Å². The summed E-state index contributed by atoms with van der Waals surface area (Å²) in [6, 6.07) is 5.31. The molecule has 1 amide bonds. The monoisotopic (exact) mass is 330 g/mol. The predicted octanol–water partition coefficient (Wildman–Crippen LogP) is 1.02. The zero-order valence-electron chi connectivity index (χ0n) is 13.8. The van der Waals surface area contributed by atoms with Crippen LogP contribution in [0.3, 0.4) is 0 Å². The van der Waals surface area contributed by atoms with Crippen molar-refractivity contribution in [2.24, 2.45) is 7.05 Å². The molecule has 3 heterocycles. The molecule has 0 radical (unpaired) electrons. The second-order valence-corrected chi connectivity index (χ2v) is 6.23. The normalized spacial score (nSPS) is 18.4. The topological polar surface area (TPSA) is 80.1 Å². The van der Waals surface area contributed by atoms with Gasteiger partial charge in [-0.25, -0.2) is 4.79 Å². The minimum Gasteiger partial charge on any atom is -0.353 e. The van der Waals surface area contributed by atoms with Crippen LogP contribution in [0.15, 0.2) is 40.2 Å². The fraction of sp³-hybridized carbons (Fsp3) is 0.471. The number of carbonyl (C=O) groups is 1. The summed E-state index contributed by atoms with van der Waals surface area (Å²) in [5.74, 6) is -0.0998. The van der Waals surface area contributed by atoms with Crippen LogP contribution in [-0.4, -0.2) is 31.5 Å². The number of nitrogens with one attached hydrogen (secondary N) is 1. The van der Waals surface area contributed by atoms with Gasteiger partial charge in [-0.15, -0.1) is 0 Å². The molecule has 2 aromatic heterocycles. The van der Waals surface area contributed by atoms with Crippen molar-refractivity contribution in [2.75, 3.05) is 6.54 Å². The van der Waals surface area contributed by atoms with Crippen molar-refractivity contribution >= 4 is 5.91 Å². The highest BCUT2D eigenvalue weighted by molar-refractivity contribution is 5.76. The Hall–Kier alpha value is -2.57. The molecule has 1 fully saturated rings. The molecule has 1 atom stereocenters. The summed E-state index contributed by atoms with van der Waals surface area (Å²) >= 11 is 0. The Bertz CT molecular complexity index is 833. The Labute approximate surface area is 139 Å². The molecule has 0 bridgehead atoms. The number of hydrogen-bond acceptors (Lipinski definition) is 3. The minimum atomic E-state index is -0.555. The molecule has 7 heteroatoms. The first-order chi connectivity index (χ1) is 11.6. The summed E-state index contributed by atoms with van der Waals surface area (Å²) in [7, 11) is 1.98. The van der Waals surface area contributed by atoms with E-state index in [-0.39, 0.29) is 18.5 Å². The molecule has 2 aromatic rings. The third-order valence-electron chi connectivity index (χ3n) is 4.60. The Balaban J connectivity index is 1.86. The van der Waals surface area contributed by atoms with Crippen molar-refractivity contribution in [3.05, 3.63) is 57.1 Å². The van der Waals surface area contributed by atoms with Crippen LogP contribution in [-0.2, 0) is 18.4 Å². The Morgan fingerprint density at radius 1 is 1.21 bits per heavy atom. The van der Waals surface area contributed by atoms with Crippen LogP contribution in [0, 0.1) is 0 Å². The zero-order chi connectivity index (χ0) is 17.1. The molecule has 1 aliphatic rings. The van der Waals surface area contributed by atoms with Gasteiger partial charge in [0, 0.05) is 37.7 Å². The van der Waals surface area contributed by atoms with E-state index in [0.29, 0.717) is 6.54 Å². The molecule has 24 heavy (non-hydrogen) atoms. The highest BCUT2D eigenvalue weighted by Gasteiger charge is 2.28. The van der Waals surface area contributed by atoms with Gasteiger partial charge in [-0.1, -0.05) is 12.8 Å². The first-order valence-electron chi connectivity index (χ1n) is 8.27. The Morgan fingerprint density at radius 3 is 2.75 bits per heavy atom. The fourth-order valence-electron chi connectivity index (χ4n) is 3.34. The van der Waals surface area contributed by atoms with Crippen LogP contribution in [0.5, 0.6) is 0 Å². The van der Waals surface area contributed by atoms with Crippen molar-refractivity contribution in [3.63, 3.8) is 0 Å². The number of H-pyrrole nitrogens is 1. The smallest absolute Gasteiger partial charge is 0.328 e. The average Bonchev–Trinajstić information content (AvgIpc) is 2.82. The quantitative estimate of drug-likeness (QED) is 0.912. The lowest BCUT2D eigenvalue weighted by Gasteiger charge is -2.31. The fourth-order valence-corrected chi connectivity index (χ4v) is 3.34. The first-order valence-corrected chi connectivity index (χ1v) is 8.27. The maximum atomic E-state index is 12.8. The molecular weight excluding hydrogens is 308 g/mol. The summed E-state index contributed by atoms with van der Waals surface area (Å²) in [6.45, 7) is 0.628.